The van der Waals surface area contributed by atoms with Crippen LogP contribution in [0.15, 0.2) is 59.9 Å². The molecule has 0 aliphatic heterocycles. The number of nitrogens with one attached hydrogen (secondary N) is 1. The van der Waals surface area contributed by atoms with E-state index in [2.05, 4.69) is 62.6 Å². The van der Waals surface area contributed by atoms with Crippen LogP contribution in [0.25, 0.3) is 16.6 Å². The number of para-hydroxylation sites is 1. The van der Waals surface area contributed by atoms with Crippen LogP contribution in [-0.4, -0.2) is 34.6 Å². The molecule has 4 aromatic rings. The van der Waals surface area contributed by atoms with Gasteiger partial charge in [0, 0.05) is 23.8 Å². The highest BCUT2D eigenvalue weighted by atomic mass is 16.5. The van der Waals surface area contributed by atoms with Gasteiger partial charge in [0.1, 0.15) is 11.6 Å². The van der Waals surface area contributed by atoms with Gasteiger partial charge in [0.15, 0.2) is 0 Å². The first kappa shape index (κ1) is 24.8. The lowest BCUT2D eigenvalue weighted by molar-refractivity contribution is 0.411. The number of methoxy groups -OCH3 is 1. The molecule has 0 amide bonds. The minimum Gasteiger partial charge on any atom is -0.497 e. The van der Waals surface area contributed by atoms with Crippen molar-refractivity contribution in [3.63, 3.8) is 0 Å². The number of fused-ring (bicyclic) bond motifs is 1. The number of anilines is 1. The van der Waals surface area contributed by atoms with E-state index in [1.165, 1.54) is 0 Å². The average molecular weight is 497 g/mol. The number of hydrogen-bond acceptors (Lipinski definition) is 5. The van der Waals surface area contributed by atoms with Crippen LogP contribution in [0, 0.1) is 20.8 Å². The molecule has 0 atom stereocenters. The maximum Gasteiger partial charge on any atom is 0.135 e. The smallest absolute Gasteiger partial charge is 0.135 e. The molecule has 2 aromatic carbocycles. The maximum atomic E-state index is 6.68. The van der Waals surface area contributed by atoms with E-state index in [0.29, 0.717) is 11.9 Å². The van der Waals surface area contributed by atoms with E-state index >= 15 is 0 Å². The SMILES string of the molecule is COc1ccc(-c2cc3c(N[C@H]4CC[C@H](N)CC4)c(C(N)=Nc4c(C)cccc4C)cnn3c2)c(C)c1. The lowest BCUT2D eigenvalue weighted by Crippen LogP contribution is -2.33. The molecule has 37 heavy (non-hydrogen) atoms. The van der Waals surface area contributed by atoms with Crippen LogP contribution in [-0.2, 0) is 0 Å². The zero-order chi connectivity index (χ0) is 26.1. The van der Waals surface area contributed by atoms with Gasteiger partial charge in [-0.15, -0.1) is 0 Å². The molecule has 1 aliphatic rings. The fourth-order valence-corrected chi connectivity index (χ4v) is 5.27. The van der Waals surface area contributed by atoms with Crippen molar-refractivity contribution in [2.45, 2.75) is 58.5 Å². The van der Waals surface area contributed by atoms with Crippen LogP contribution in [0.3, 0.4) is 0 Å². The highest BCUT2D eigenvalue weighted by molar-refractivity contribution is 6.06. The Balaban J connectivity index is 1.62. The maximum absolute atomic E-state index is 6.68. The van der Waals surface area contributed by atoms with E-state index in [1.807, 2.05) is 22.8 Å². The number of rotatable bonds is 6. The van der Waals surface area contributed by atoms with Crippen molar-refractivity contribution in [1.29, 1.82) is 0 Å². The highest BCUT2D eigenvalue weighted by Crippen LogP contribution is 2.34. The third kappa shape index (κ3) is 5.04. The molecular formula is C30H36N6O. The van der Waals surface area contributed by atoms with Crippen molar-refractivity contribution < 1.29 is 4.74 Å². The van der Waals surface area contributed by atoms with E-state index in [9.17, 15) is 0 Å². The molecule has 0 radical (unpaired) electrons. The number of nitrogens with zero attached hydrogens (tertiary/aromatic N) is 3. The Morgan fingerprint density at radius 2 is 1.76 bits per heavy atom. The van der Waals surface area contributed by atoms with Crippen molar-refractivity contribution in [3.8, 4) is 16.9 Å². The summed E-state index contributed by atoms with van der Waals surface area (Å²) >= 11 is 0. The molecule has 0 spiro atoms. The molecular weight excluding hydrogens is 460 g/mol. The zero-order valence-corrected chi connectivity index (χ0v) is 22.1. The van der Waals surface area contributed by atoms with Gasteiger partial charge in [-0.3, -0.25) is 0 Å². The van der Waals surface area contributed by atoms with Crippen LogP contribution in [0.1, 0.15) is 47.9 Å². The van der Waals surface area contributed by atoms with E-state index in [0.717, 1.165) is 81.7 Å². The van der Waals surface area contributed by atoms with Crippen molar-refractivity contribution in [2.75, 3.05) is 12.4 Å². The minimum absolute atomic E-state index is 0.281. The van der Waals surface area contributed by atoms with Crippen LogP contribution in [0.2, 0.25) is 0 Å². The first-order valence-corrected chi connectivity index (χ1v) is 12.9. The van der Waals surface area contributed by atoms with Gasteiger partial charge in [0.2, 0.25) is 0 Å². The van der Waals surface area contributed by atoms with Crippen LogP contribution >= 0.6 is 0 Å². The molecule has 1 fully saturated rings. The van der Waals surface area contributed by atoms with Crippen LogP contribution in [0.4, 0.5) is 11.4 Å². The molecule has 2 heterocycles. The van der Waals surface area contributed by atoms with Crippen molar-refractivity contribution in [1.82, 2.24) is 9.61 Å². The fourth-order valence-electron chi connectivity index (χ4n) is 5.27. The summed E-state index contributed by atoms with van der Waals surface area (Å²) in [7, 11) is 1.69. The number of amidine groups is 1. The van der Waals surface area contributed by atoms with Crippen molar-refractivity contribution >= 4 is 22.7 Å². The summed E-state index contributed by atoms with van der Waals surface area (Å²) in [5, 5.41) is 8.54. The molecule has 7 nitrogen and oxygen atoms in total. The molecule has 0 unspecified atom stereocenters. The number of nitrogens with two attached hydrogens (primary N) is 2. The van der Waals surface area contributed by atoms with Crippen LogP contribution < -0.4 is 21.5 Å². The van der Waals surface area contributed by atoms with Gasteiger partial charge in [0.05, 0.1) is 35.8 Å². The second-order valence-electron chi connectivity index (χ2n) is 10.2. The third-order valence-electron chi connectivity index (χ3n) is 7.45. The summed E-state index contributed by atoms with van der Waals surface area (Å²) in [6.07, 6.45) is 7.95. The highest BCUT2D eigenvalue weighted by Gasteiger charge is 2.22. The first-order valence-electron chi connectivity index (χ1n) is 12.9. The third-order valence-corrected chi connectivity index (χ3v) is 7.45. The lowest BCUT2D eigenvalue weighted by Gasteiger charge is -2.28. The average Bonchev–Trinajstić information content (AvgIpc) is 3.32. The molecule has 2 aromatic heterocycles. The van der Waals surface area contributed by atoms with E-state index in [-0.39, 0.29) is 6.04 Å². The Labute approximate surface area is 218 Å². The monoisotopic (exact) mass is 496 g/mol. The van der Waals surface area contributed by atoms with Crippen molar-refractivity contribution in [3.05, 3.63) is 77.1 Å². The summed E-state index contributed by atoms with van der Waals surface area (Å²) in [6, 6.07) is 15.1. The van der Waals surface area contributed by atoms with Gasteiger partial charge in [-0.1, -0.05) is 24.3 Å². The van der Waals surface area contributed by atoms with Gasteiger partial charge in [-0.2, -0.15) is 5.10 Å². The predicted molar refractivity (Wildman–Crippen MR) is 152 cm³/mol. The van der Waals surface area contributed by atoms with Gasteiger partial charge in [0.25, 0.3) is 0 Å². The molecule has 1 aliphatic carbocycles. The van der Waals surface area contributed by atoms with Gasteiger partial charge >= 0.3 is 0 Å². The summed E-state index contributed by atoms with van der Waals surface area (Å²) in [4.78, 5) is 4.87. The second-order valence-corrected chi connectivity index (χ2v) is 10.2. The molecule has 7 heteroatoms. The lowest BCUT2D eigenvalue weighted by atomic mass is 9.91. The fraction of sp³-hybridized carbons (Fsp3) is 0.333. The van der Waals surface area contributed by atoms with Gasteiger partial charge in [-0.05, 0) is 86.9 Å². The van der Waals surface area contributed by atoms with Gasteiger partial charge < -0.3 is 21.5 Å². The number of hydrogen-bond donors (Lipinski definition) is 3. The number of aryl methyl sites for hydroxylation is 3. The normalized spacial score (nSPS) is 18.2. The molecule has 192 valence electrons. The molecule has 0 bridgehead atoms. The van der Waals surface area contributed by atoms with Crippen LogP contribution in [0.5, 0.6) is 5.75 Å². The number of aromatic nitrogens is 2. The second kappa shape index (κ2) is 10.3. The van der Waals surface area contributed by atoms with Gasteiger partial charge in [-0.25, -0.2) is 9.51 Å². The molecule has 0 saturated heterocycles. The quantitative estimate of drug-likeness (QED) is 0.236. The first-order chi connectivity index (χ1) is 17.8. The Bertz CT molecular complexity index is 1440. The molecule has 5 rings (SSSR count). The number of aliphatic imine (C=N–C) groups is 1. The van der Waals surface area contributed by atoms with Crippen molar-refractivity contribution in [2.24, 2.45) is 16.5 Å². The summed E-state index contributed by atoms with van der Waals surface area (Å²) < 4.78 is 7.32. The number of benzene rings is 2. The molecule has 5 N–H and O–H groups in total. The minimum atomic E-state index is 0.281. The molecule has 1 saturated carbocycles. The van der Waals surface area contributed by atoms with E-state index < -0.39 is 0 Å². The Morgan fingerprint density at radius 3 is 2.43 bits per heavy atom. The summed E-state index contributed by atoms with van der Waals surface area (Å²) in [5.41, 5.74) is 22.1. The zero-order valence-electron chi connectivity index (χ0n) is 22.1. The Kier molecular flexibility index (Phi) is 6.89. The topological polar surface area (TPSA) is 103 Å². The van der Waals surface area contributed by atoms with E-state index in [4.69, 9.17) is 26.3 Å². The Morgan fingerprint density at radius 1 is 1.03 bits per heavy atom. The van der Waals surface area contributed by atoms with E-state index in [1.54, 1.807) is 7.11 Å². The largest absolute Gasteiger partial charge is 0.497 e. The predicted octanol–water partition coefficient (Wildman–Crippen LogP) is 5.65. The summed E-state index contributed by atoms with van der Waals surface area (Å²) in [6.45, 7) is 6.21. The summed E-state index contributed by atoms with van der Waals surface area (Å²) in [5.74, 6) is 1.30. The standard InChI is InChI=1S/C30H36N6O/c1-18-6-5-7-19(2)28(18)35-30(32)26-16-33-36-17-21(25-13-12-24(37-4)14-20(25)3)15-27(36)29(26)34-23-10-8-22(31)9-11-23/h5-7,12-17,22-23,34H,8-11,31H2,1-4H3,(H2,32,35)/t22-,23-. The number of ether oxygens (including phenoxy) is 1. The Hall–Kier alpha value is -3.84.